The third-order valence-corrected chi connectivity index (χ3v) is 6.03. The molecule has 1 aliphatic rings. The van der Waals surface area contributed by atoms with E-state index in [1.807, 2.05) is 24.3 Å². The number of nitrogens with two attached hydrogens (primary N) is 1. The number of anilines is 1. The molecule has 27 heavy (non-hydrogen) atoms. The lowest BCUT2D eigenvalue weighted by Crippen LogP contribution is -2.21. The maximum Gasteiger partial charge on any atom is 0.132 e. The maximum absolute atomic E-state index is 10.7. The van der Waals surface area contributed by atoms with E-state index in [1.54, 1.807) is 30.8 Å². The van der Waals surface area contributed by atoms with Gasteiger partial charge in [0.05, 0.1) is 11.8 Å². The number of ether oxygens (including phenoxy) is 1. The number of aliphatic imine (C=N–C) groups is 1. The summed E-state index contributed by atoms with van der Waals surface area (Å²) in [6, 6.07) is 8.00. The lowest BCUT2D eigenvalue weighted by atomic mass is 9.93. The van der Waals surface area contributed by atoms with Gasteiger partial charge in [0, 0.05) is 54.1 Å². The number of aromatic nitrogens is 2. The van der Waals surface area contributed by atoms with Gasteiger partial charge in [-0.15, -0.1) is 11.3 Å². The number of fused-ring (bicyclic) bond motifs is 1. The molecule has 0 spiro atoms. The average Bonchev–Trinajstić information content (AvgIpc) is 3.13. The summed E-state index contributed by atoms with van der Waals surface area (Å²) in [6.07, 6.45) is 4.75. The fraction of sp³-hybridized carbons (Fsp3) is 0.350. The number of aliphatic hydroxyl groups is 1. The first-order valence-electron chi connectivity index (χ1n) is 9.00. The number of nitrogens with zero attached hydrogens (tertiary/aromatic N) is 3. The molecule has 3 aromatic heterocycles. The quantitative estimate of drug-likeness (QED) is 0.674. The molecule has 3 N–H and O–H groups in total. The van der Waals surface area contributed by atoms with Crippen molar-refractivity contribution in [2.24, 2.45) is 10.9 Å². The van der Waals surface area contributed by atoms with Crippen LogP contribution in [0.1, 0.15) is 29.4 Å². The lowest BCUT2D eigenvalue weighted by Gasteiger charge is -2.25. The second-order valence-electron chi connectivity index (χ2n) is 6.72. The highest BCUT2D eigenvalue weighted by molar-refractivity contribution is 7.18. The average molecular weight is 382 g/mol. The van der Waals surface area contributed by atoms with Gasteiger partial charge in [-0.25, -0.2) is 9.97 Å². The van der Waals surface area contributed by atoms with Crippen LogP contribution in [-0.2, 0) is 4.74 Å². The summed E-state index contributed by atoms with van der Waals surface area (Å²) in [5.41, 5.74) is 8.39. The Bertz CT molecular complexity index is 979. The summed E-state index contributed by atoms with van der Waals surface area (Å²) < 4.78 is 5.40. The first-order valence-corrected chi connectivity index (χ1v) is 9.81. The number of nitrogen functional groups attached to an aromatic ring is 1. The lowest BCUT2D eigenvalue weighted by molar-refractivity contribution is 0.00856. The van der Waals surface area contributed by atoms with Crippen LogP contribution in [0.3, 0.4) is 0 Å². The van der Waals surface area contributed by atoms with Crippen LogP contribution in [0.25, 0.3) is 21.5 Å². The van der Waals surface area contributed by atoms with E-state index in [-0.39, 0.29) is 5.92 Å². The van der Waals surface area contributed by atoms with Gasteiger partial charge in [-0.3, -0.25) is 4.99 Å². The van der Waals surface area contributed by atoms with Crippen molar-refractivity contribution in [1.82, 2.24) is 9.97 Å². The topological polar surface area (TPSA) is 93.6 Å². The Labute approximate surface area is 161 Å². The zero-order valence-electron chi connectivity index (χ0n) is 15.1. The van der Waals surface area contributed by atoms with Crippen molar-refractivity contribution in [2.45, 2.75) is 18.9 Å². The van der Waals surface area contributed by atoms with E-state index in [0.717, 1.165) is 58.0 Å². The molecule has 0 aliphatic carbocycles. The normalized spacial score (nSPS) is 17.0. The molecule has 3 aromatic rings. The molecule has 4 heterocycles. The van der Waals surface area contributed by atoms with Gasteiger partial charge in [0.1, 0.15) is 10.6 Å². The predicted octanol–water partition coefficient (Wildman–Crippen LogP) is 3.45. The zero-order chi connectivity index (χ0) is 18.8. The van der Waals surface area contributed by atoms with E-state index in [9.17, 15) is 5.11 Å². The first-order chi connectivity index (χ1) is 13.2. The Morgan fingerprint density at radius 2 is 2.15 bits per heavy atom. The molecule has 0 amide bonds. The van der Waals surface area contributed by atoms with Crippen LogP contribution in [0.5, 0.6) is 0 Å². The van der Waals surface area contributed by atoms with E-state index in [4.69, 9.17) is 15.5 Å². The summed E-state index contributed by atoms with van der Waals surface area (Å²) in [5, 5.41) is 11.8. The highest BCUT2D eigenvalue weighted by atomic mass is 32.1. The Morgan fingerprint density at radius 1 is 1.33 bits per heavy atom. The Hall–Kier alpha value is -2.35. The Kier molecular flexibility index (Phi) is 5.15. The van der Waals surface area contributed by atoms with E-state index >= 15 is 0 Å². The van der Waals surface area contributed by atoms with Crippen LogP contribution in [0.15, 0.2) is 35.5 Å². The van der Waals surface area contributed by atoms with Crippen LogP contribution in [0.4, 0.5) is 5.82 Å². The van der Waals surface area contributed by atoms with E-state index in [1.165, 1.54) is 0 Å². The molecule has 6 nitrogen and oxygen atoms in total. The van der Waals surface area contributed by atoms with Crippen molar-refractivity contribution in [3.8, 4) is 11.3 Å². The molecule has 1 saturated heterocycles. The van der Waals surface area contributed by atoms with Crippen molar-refractivity contribution in [3.05, 3.63) is 40.9 Å². The highest BCUT2D eigenvalue weighted by Crippen LogP contribution is 2.37. The predicted molar refractivity (Wildman–Crippen MR) is 109 cm³/mol. The largest absolute Gasteiger partial charge is 0.387 e. The van der Waals surface area contributed by atoms with Crippen molar-refractivity contribution < 1.29 is 9.84 Å². The maximum atomic E-state index is 10.7. The summed E-state index contributed by atoms with van der Waals surface area (Å²) in [4.78, 5) is 14.9. The minimum Gasteiger partial charge on any atom is -0.387 e. The smallest absolute Gasteiger partial charge is 0.132 e. The van der Waals surface area contributed by atoms with Crippen LogP contribution in [0.2, 0.25) is 0 Å². The van der Waals surface area contributed by atoms with Gasteiger partial charge in [0.15, 0.2) is 0 Å². The minimum absolute atomic E-state index is 0.253. The van der Waals surface area contributed by atoms with Crippen molar-refractivity contribution in [1.29, 1.82) is 0 Å². The molecular formula is C20H22N4O2S. The SMILES string of the molecule is CN=Cc1cc(-c2ccc3cc(C(O)C4CCOCC4)sc3n2)cnc1N. The second-order valence-corrected chi connectivity index (χ2v) is 7.78. The van der Waals surface area contributed by atoms with Crippen LogP contribution >= 0.6 is 11.3 Å². The molecule has 1 atom stereocenters. The van der Waals surface area contributed by atoms with E-state index < -0.39 is 6.10 Å². The number of pyridine rings is 2. The monoisotopic (exact) mass is 382 g/mol. The molecule has 4 rings (SSSR count). The summed E-state index contributed by atoms with van der Waals surface area (Å²) in [6.45, 7) is 1.45. The number of aliphatic hydroxyl groups excluding tert-OH is 1. The van der Waals surface area contributed by atoms with Gasteiger partial charge in [0.2, 0.25) is 0 Å². The summed E-state index contributed by atoms with van der Waals surface area (Å²) in [5.74, 6) is 0.701. The van der Waals surface area contributed by atoms with Crippen molar-refractivity contribution in [3.63, 3.8) is 0 Å². The first kappa shape index (κ1) is 18.0. The molecular weight excluding hydrogens is 360 g/mol. The molecule has 140 valence electrons. The standard InChI is InChI=1S/C20H22N4O2S/c1-22-10-15-8-14(11-23-19(15)21)16-3-2-13-9-17(27-20(13)24-16)18(25)12-4-6-26-7-5-12/h2-3,8-12,18,25H,4-7H2,1H3,(H2,21,23). The summed E-state index contributed by atoms with van der Waals surface area (Å²) in [7, 11) is 1.70. The molecule has 1 unspecified atom stereocenters. The molecule has 7 heteroatoms. The van der Waals surface area contributed by atoms with Gasteiger partial charge < -0.3 is 15.6 Å². The minimum atomic E-state index is -0.456. The molecule has 0 saturated carbocycles. The number of thiophene rings is 1. The van der Waals surface area contributed by atoms with Crippen molar-refractivity contribution >= 4 is 33.6 Å². The summed E-state index contributed by atoms with van der Waals surface area (Å²) >= 11 is 1.55. The van der Waals surface area contributed by atoms with Crippen LogP contribution in [0, 0.1) is 5.92 Å². The second kappa shape index (κ2) is 7.72. The van der Waals surface area contributed by atoms with Crippen molar-refractivity contribution in [2.75, 3.05) is 26.0 Å². The highest BCUT2D eigenvalue weighted by Gasteiger charge is 2.25. The van der Waals surface area contributed by atoms with Crippen LogP contribution < -0.4 is 5.73 Å². The van der Waals surface area contributed by atoms with E-state index in [0.29, 0.717) is 5.82 Å². The van der Waals surface area contributed by atoms with E-state index in [2.05, 4.69) is 9.98 Å². The Balaban J connectivity index is 1.66. The van der Waals surface area contributed by atoms with Gasteiger partial charge in [-0.2, -0.15) is 0 Å². The fourth-order valence-electron chi connectivity index (χ4n) is 3.38. The van der Waals surface area contributed by atoms with Gasteiger partial charge in [-0.05, 0) is 43.0 Å². The third kappa shape index (κ3) is 3.71. The molecule has 0 radical (unpaired) electrons. The van der Waals surface area contributed by atoms with Gasteiger partial charge >= 0.3 is 0 Å². The molecule has 0 bridgehead atoms. The van der Waals surface area contributed by atoms with Gasteiger partial charge in [0.25, 0.3) is 0 Å². The van der Waals surface area contributed by atoms with Gasteiger partial charge in [-0.1, -0.05) is 0 Å². The Morgan fingerprint density at radius 3 is 2.93 bits per heavy atom. The zero-order valence-corrected chi connectivity index (χ0v) is 15.9. The number of rotatable bonds is 4. The molecule has 1 fully saturated rings. The number of hydrogen-bond acceptors (Lipinski definition) is 7. The third-order valence-electron chi connectivity index (χ3n) is 4.92. The molecule has 1 aliphatic heterocycles. The number of hydrogen-bond donors (Lipinski definition) is 2. The fourth-order valence-corrected chi connectivity index (χ4v) is 4.49. The molecule has 0 aromatic carbocycles. The van der Waals surface area contributed by atoms with Crippen LogP contribution in [-0.4, -0.2) is 41.6 Å².